The molecule has 0 aliphatic carbocycles. The molecule has 0 aliphatic rings. The second-order valence-electron chi connectivity index (χ2n) is 4.06. The Morgan fingerprint density at radius 1 is 1.38 bits per heavy atom. The second-order valence-corrected chi connectivity index (χ2v) is 4.06. The molecule has 2 aromatic heterocycles. The highest BCUT2D eigenvalue weighted by molar-refractivity contribution is 5.68. The van der Waals surface area contributed by atoms with Gasteiger partial charge in [0.2, 0.25) is 5.65 Å². The van der Waals surface area contributed by atoms with Crippen LogP contribution < -0.4 is 4.84 Å². The molecule has 5 nitrogen and oxygen atoms in total. The van der Waals surface area contributed by atoms with E-state index < -0.39 is 0 Å². The summed E-state index contributed by atoms with van der Waals surface area (Å²) in [5.41, 5.74) is 1.19. The van der Waals surface area contributed by atoms with Crippen LogP contribution in [0.5, 0.6) is 0 Å². The Balaban J connectivity index is 2.34. The van der Waals surface area contributed by atoms with Crippen molar-refractivity contribution in [1.82, 2.24) is 20.1 Å². The molecule has 0 radical (unpaired) electrons. The number of fused-ring (bicyclic) bond motifs is 1. The molecule has 2 aromatic rings. The zero-order chi connectivity index (χ0) is 11.6. The van der Waals surface area contributed by atoms with Gasteiger partial charge < -0.3 is 4.84 Å². The predicted octanol–water partition coefficient (Wildman–Crippen LogP) is 1.83. The van der Waals surface area contributed by atoms with E-state index in [0.29, 0.717) is 5.65 Å². The summed E-state index contributed by atoms with van der Waals surface area (Å²) >= 11 is 0. The Hall–Kier alpha value is -1.65. The highest BCUT2D eigenvalue weighted by Crippen LogP contribution is 2.17. The number of rotatable bonds is 4. The Bertz CT molecular complexity index is 476. The first kappa shape index (κ1) is 10.9. The molecule has 2 rings (SSSR count). The van der Waals surface area contributed by atoms with E-state index in [-0.39, 0.29) is 5.60 Å². The van der Waals surface area contributed by atoms with Crippen molar-refractivity contribution in [1.29, 1.82) is 0 Å². The Morgan fingerprint density at radius 2 is 2.12 bits per heavy atom. The quantitative estimate of drug-likeness (QED) is 0.788. The van der Waals surface area contributed by atoms with Crippen molar-refractivity contribution in [3.05, 3.63) is 18.3 Å². The van der Waals surface area contributed by atoms with E-state index in [1.165, 1.54) is 4.85 Å². The SMILES string of the molecule is CCC(C)(CC)On1nnc2cccnc21. The Kier molecular flexibility index (Phi) is 2.77. The summed E-state index contributed by atoms with van der Waals surface area (Å²) < 4.78 is 0. The maximum absolute atomic E-state index is 5.83. The van der Waals surface area contributed by atoms with Gasteiger partial charge in [0, 0.05) is 6.20 Å². The molecule has 5 heteroatoms. The van der Waals surface area contributed by atoms with Gasteiger partial charge in [0.05, 0.1) is 0 Å². The van der Waals surface area contributed by atoms with Crippen LogP contribution in [0, 0.1) is 0 Å². The van der Waals surface area contributed by atoms with Gasteiger partial charge in [-0.1, -0.05) is 18.7 Å². The molecule has 0 unspecified atom stereocenters. The van der Waals surface area contributed by atoms with Crippen molar-refractivity contribution in [2.24, 2.45) is 0 Å². The minimum Gasteiger partial charge on any atom is -0.387 e. The molecule has 0 N–H and O–H groups in total. The molecule has 0 bridgehead atoms. The van der Waals surface area contributed by atoms with Crippen molar-refractivity contribution in [2.45, 2.75) is 39.2 Å². The monoisotopic (exact) mass is 220 g/mol. The summed E-state index contributed by atoms with van der Waals surface area (Å²) in [5.74, 6) is 0. The van der Waals surface area contributed by atoms with E-state index in [4.69, 9.17) is 4.84 Å². The van der Waals surface area contributed by atoms with E-state index in [1.807, 2.05) is 12.1 Å². The molecule has 2 heterocycles. The zero-order valence-electron chi connectivity index (χ0n) is 9.84. The van der Waals surface area contributed by atoms with Gasteiger partial charge in [0.1, 0.15) is 11.1 Å². The van der Waals surface area contributed by atoms with Crippen LogP contribution >= 0.6 is 0 Å². The van der Waals surface area contributed by atoms with Crippen LogP contribution in [0.2, 0.25) is 0 Å². The summed E-state index contributed by atoms with van der Waals surface area (Å²) in [7, 11) is 0. The lowest BCUT2D eigenvalue weighted by Gasteiger charge is -2.26. The minimum atomic E-state index is -0.224. The zero-order valence-corrected chi connectivity index (χ0v) is 9.84. The summed E-state index contributed by atoms with van der Waals surface area (Å²) in [5, 5.41) is 7.96. The average molecular weight is 220 g/mol. The molecule has 86 valence electrons. The molecule has 0 saturated carbocycles. The molecule has 0 aromatic carbocycles. The highest BCUT2D eigenvalue weighted by atomic mass is 16.7. The number of hydrogen-bond acceptors (Lipinski definition) is 4. The molecule has 0 fully saturated rings. The van der Waals surface area contributed by atoms with Crippen molar-refractivity contribution < 1.29 is 4.84 Å². The van der Waals surface area contributed by atoms with Gasteiger partial charge in [-0.15, -0.1) is 5.10 Å². The largest absolute Gasteiger partial charge is 0.387 e. The maximum atomic E-state index is 5.83. The summed E-state index contributed by atoms with van der Waals surface area (Å²) in [4.78, 5) is 11.5. The molecule has 0 spiro atoms. The first-order chi connectivity index (χ1) is 7.68. The fraction of sp³-hybridized carbons (Fsp3) is 0.545. The molecule has 0 saturated heterocycles. The average Bonchev–Trinajstić information content (AvgIpc) is 2.73. The maximum Gasteiger partial charge on any atom is 0.219 e. The van der Waals surface area contributed by atoms with Crippen molar-refractivity contribution in [2.75, 3.05) is 0 Å². The van der Waals surface area contributed by atoms with Crippen molar-refractivity contribution in [3.8, 4) is 0 Å². The smallest absolute Gasteiger partial charge is 0.219 e. The number of nitrogens with zero attached hydrogens (tertiary/aromatic N) is 4. The van der Waals surface area contributed by atoms with E-state index in [1.54, 1.807) is 6.20 Å². The number of aromatic nitrogens is 4. The number of hydrogen-bond donors (Lipinski definition) is 0. The third-order valence-corrected chi connectivity index (χ3v) is 2.98. The summed E-state index contributed by atoms with van der Waals surface area (Å²) in [6, 6.07) is 3.70. The van der Waals surface area contributed by atoms with Crippen LogP contribution in [-0.2, 0) is 0 Å². The first-order valence-corrected chi connectivity index (χ1v) is 5.54. The fourth-order valence-corrected chi connectivity index (χ4v) is 1.39. The minimum absolute atomic E-state index is 0.224. The van der Waals surface area contributed by atoms with Gasteiger partial charge in [-0.3, -0.25) is 0 Å². The van der Waals surface area contributed by atoms with E-state index in [9.17, 15) is 0 Å². The van der Waals surface area contributed by atoms with Gasteiger partial charge in [-0.25, -0.2) is 4.98 Å². The predicted molar refractivity (Wildman–Crippen MR) is 60.9 cm³/mol. The van der Waals surface area contributed by atoms with E-state index >= 15 is 0 Å². The number of pyridine rings is 1. The normalized spacial score (nSPS) is 11.9. The molecular formula is C11H16N4O. The fourth-order valence-electron chi connectivity index (χ4n) is 1.39. The summed E-state index contributed by atoms with van der Waals surface area (Å²) in [6.45, 7) is 6.25. The molecule has 0 amide bonds. The Morgan fingerprint density at radius 3 is 2.81 bits per heavy atom. The molecule has 0 atom stereocenters. The second kappa shape index (κ2) is 4.08. The summed E-state index contributed by atoms with van der Waals surface area (Å²) in [6.07, 6.45) is 3.54. The van der Waals surface area contributed by atoms with Crippen molar-refractivity contribution in [3.63, 3.8) is 0 Å². The van der Waals surface area contributed by atoms with E-state index in [0.717, 1.165) is 18.4 Å². The first-order valence-electron chi connectivity index (χ1n) is 5.54. The lowest BCUT2D eigenvalue weighted by molar-refractivity contribution is -0.0597. The molecule has 16 heavy (non-hydrogen) atoms. The van der Waals surface area contributed by atoms with Gasteiger partial charge >= 0.3 is 0 Å². The van der Waals surface area contributed by atoms with Crippen LogP contribution in [0.4, 0.5) is 0 Å². The van der Waals surface area contributed by atoms with Crippen LogP contribution in [0.15, 0.2) is 18.3 Å². The van der Waals surface area contributed by atoms with Gasteiger partial charge in [0.25, 0.3) is 0 Å². The lowest BCUT2D eigenvalue weighted by Crippen LogP contribution is -2.37. The van der Waals surface area contributed by atoms with E-state index in [2.05, 4.69) is 36.1 Å². The third-order valence-electron chi connectivity index (χ3n) is 2.98. The Labute approximate surface area is 94.4 Å². The topological polar surface area (TPSA) is 52.8 Å². The highest BCUT2D eigenvalue weighted by Gasteiger charge is 2.24. The van der Waals surface area contributed by atoms with Crippen LogP contribution in [-0.4, -0.2) is 25.7 Å². The standard InChI is InChI=1S/C11H16N4O/c1-4-11(3,5-2)16-15-10-9(13-14-15)7-6-8-12-10/h6-8H,4-5H2,1-3H3. The third kappa shape index (κ3) is 1.85. The van der Waals surface area contributed by atoms with Crippen LogP contribution in [0.3, 0.4) is 0 Å². The van der Waals surface area contributed by atoms with Gasteiger partial charge in [-0.05, 0) is 37.1 Å². The van der Waals surface area contributed by atoms with Crippen LogP contribution in [0.25, 0.3) is 11.2 Å². The van der Waals surface area contributed by atoms with Crippen molar-refractivity contribution >= 4 is 11.2 Å². The van der Waals surface area contributed by atoms with Crippen LogP contribution in [0.1, 0.15) is 33.6 Å². The van der Waals surface area contributed by atoms with Gasteiger partial charge in [-0.2, -0.15) is 0 Å². The molecular weight excluding hydrogens is 204 g/mol. The molecule has 0 aliphatic heterocycles. The lowest BCUT2D eigenvalue weighted by atomic mass is 10.0. The van der Waals surface area contributed by atoms with Gasteiger partial charge in [0.15, 0.2) is 0 Å².